The Hall–Kier alpha value is -2.89. The van der Waals surface area contributed by atoms with E-state index in [1.165, 1.54) is 13.0 Å². The zero-order chi connectivity index (χ0) is 19.4. The van der Waals surface area contributed by atoms with E-state index in [-0.39, 0.29) is 18.2 Å². The maximum atomic E-state index is 12.7. The van der Waals surface area contributed by atoms with Crippen molar-refractivity contribution in [3.8, 4) is 5.75 Å². The zero-order valence-electron chi connectivity index (χ0n) is 15.6. The quantitative estimate of drug-likeness (QED) is 0.604. The van der Waals surface area contributed by atoms with Crippen LogP contribution in [0.1, 0.15) is 63.2 Å². The highest BCUT2D eigenvalue weighted by Crippen LogP contribution is 2.22. The average Bonchev–Trinajstić information content (AvgIpc) is 2.89. The molecule has 0 unspecified atom stereocenters. The number of H-pyrrole nitrogens is 1. The first kappa shape index (κ1) is 19.4. The summed E-state index contributed by atoms with van der Waals surface area (Å²) >= 11 is 0. The van der Waals surface area contributed by atoms with E-state index in [9.17, 15) is 14.4 Å². The van der Waals surface area contributed by atoms with E-state index in [0.717, 1.165) is 0 Å². The number of hydrogen-bond donors (Lipinski definition) is 1. The summed E-state index contributed by atoms with van der Waals surface area (Å²) in [5.74, 6) is -0.409. The molecular formula is C20H23NO5. The molecule has 138 valence electrons. The summed E-state index contributed by atoms with van der Waals surface area (Å²) in [4.78, 5) is 39.2. The summed E-state index contributed by atoms with van der Waals surface area (Å²) in [5, 5.41) is 0. The molecule has 1 N–H and O–H groups in total. The number of carbonyl (C=O) groups excluding carboxylic acids is 3. The molecule has 1 aromatic heterocycles. The second-order valence-corrected chi connectivity index (χ2v) is 6.05. The highest BCUT2D eigenvalue weighted by Gasteiger charge is 2.25. The van der Waals surface area contributed by atoms with Gasteiger partial charge < -0.3 is 14.5 Å². The fraction of sp³-hybridized carbons (Fsp3) is 0.350. The number of rotatable bonds is 7. The maximum Gasteiger partial charge on any atom is 0.338 e. The molecule has 1 aromatic carbocycles. The van der Waals surface area contributed by atoms with Crippen LogP contribution >= 0.6 is 0 Å². The van der Waals surface area contributed by atoms with E-state index in [2.05, 4.69) is 4.98 Å². The van der Waals surface area contributed by atoms with E-state index < -0.39 is 12.1 Å². The topological polar surface area (TPSA) is 85.5 Å². The van der Waals surface area contributed by atoms with Gasteiger partial charge in [-0.2, -0.15) is 0 Å². The minimum absolute atomic E-state index is 0.0917. The Kier molecular flexibility index (Phi) is 5.97. The van der Waals surface area contributed by atoms with Crippen LogP contribution in [0.3, 0.4) is 0 Å². The Bertz CT molecular complexity index is 850. The van der Waals surface area contributed by atoms with Crippen LogP contribution in [0.15, 0.2) is 24.3 Å². The zero-order valence-corrected chi connectivity index (χ0v) is 15.6. The normalized spacial score (nSPS) is 11.7. The third-order valence-electron chi connectivity index (χ3n) is 4.06. The van der Waals surface area contributed by atoms with Crippen molar-refractivity contribution in [2.24, 2.45) is 0 Å². The van der Waals surface area contributed by atoms with Crippen LogP contribution in [0.5, 0.6) is 5.75 Å². The van der Waals surface area contributed by atoms with Gasteiger partial charge in [0.2, 0.25) is 5.78 Å². The van der Waals surface area contributed by atoms with Gasteiger partial charge >= 0.3 is 5.97 Å². The number of aromatic amines is 1. The monoisotopic (exact) mass is 357 g/mol. The van der Waals surface area contributed by atoms with Crippen LogP contribution in [0.2, 0.25) is 0 Å². The second-order valence-electron chi connectivity index (χ2n) is 6.05. The molecule has 0 radical (unpaired) electrons. The number of hydrogen-bond acceptors (Lipinski definition) is 5. The second kappa shape index (κ2) is 7.99. The highest BCUT2D eigenvalue weighted by molar-refractivity contribution is 6.04. The molecule has 1 atom stereocenters. The summed E-state index contributed by atoms with van der Waals surface area (Å²) in [6.07, 6.45) is -0.788. The lowest BCUT2D eigenvalue weighted by molar-refractivity contribution is 0.0525. The molecule has 0 saturated carbocycles. The van der Waals surface area contributed by atoms with E-state index in [1.807, 2.05) is 0 Å². The lowest BCUT2D eigenvalue weighted by Crippen LogP contribution is -2.25. The minimum atomic E-state index is -0.788. The SMILES string of the molecule is CCOC(=O)c1cccc(O[C@H](C)C(=O)c2[nH]c(C)c(C(C)=O)c2C)c1. The van der Waals surface area contributed by atoms with Crippen LogP contribution in [0, 0.1) is 13.8 Å². The first-order chi connectivity index (χ1) is 12.3. The molecule has 0 aliphatic carbocycles. The summed E-state index contributed by atoms with van der Waals surface area (Å²) in [6, 6.07) is 6.49. The highest BCUT2D eigenvalue weighted by atomic mass is 16.5. The first-order valence-electron chi connectivity index (χ1n) is 8.44. The standard InChI is InChI=1S/C20H23NO5/c1-6-25-20(24)15-8-7-9-16(10-15)26-14(5)19(23)18-11(2)17(13(4)22)12(3)21-18/h7-10,14,21H,6H2,1-5H3/t14-/m1/s1. The van der Waals surface area contributed by atoms with Crippen molar-refractivity contribution in [3.63, 3.8) is 0 Å². The van der Waals surface area contributed by atoms with Gasteiger partial charge in [-0.05, 0) is 58.4 Å². The van der Waals surface area contributed by atoms with Crippen molar-refractivity contribution in [2.45, 2.75) is 40.7 Å². The lowest BCUT2D eigenvalue weighted by Gasteiger charge is -2.14. The minimum Gasteiger partial charge on any atom is -0.482 e. The van der Waals surface area contributed by atoms with E-state index in [4.69, 9.17) is 9.47 Å². The molecule has 2 aromatic rings. The van der Waals surface area contributed by atoms with Gasteiger partial charge in [-0.25, -0.2) is 4.79 Å². The van der Waals surface area contributed by atoms with Gasteiger partial charge in [-0.3, -0.25) is 9.59 Å². The predicted octanol–water partition coefficient (Wildman–Crippen LogP) is 3.66. The van der Waals surface area contributed by atoms with Crippen molar-refractivity contribution in [1.29, 1.82) is 0 Å². The number of ketones is 2. The molecule has 0 saturated heterocycles. The number of Topliss-reactive ketones (excluding diaryl/α,β-unsaturated/α-hetero) is 2. The van der Waals surface area contributed by atoms with Gasteiger partial charge in [0.1, 0.15) is 5.75 Å². The molecule has 0 aliphatic rings. The van der Waals surface area contributed by atoms with E-state index >= 15 is 0 Å². The van der Waals surface area contributed by atoms with Gasteiger partial charge in [0.15, 0.2) is 11.9 Å². The van der Waals surface area contributed by atoms with Gasteiger partial charge in [0.25, 0.3) is 0 Å². The molecule has 0 bridgehead atoms. The van der Waals surface area contributed by atoms with Gasteiger partial charge in [-0.15, -0.1) is 0 Å². The van der Waals surface area contributed by atoms with Crippen LogP contribution in [-0.4, -0.2) is 35.2 Å². The number of carbonyl (C=O) groups is 3. The molecule has 6 nitrogen and oxygen atoms in total. The molecule has 0 amide bonds. The Balaban J connectivity index is 2.20. The Morgan fingerprint density at radius 3 is 2.46 bits per heavy atom. The van der Waals surface area contributed by atoms with Crippen molar-refractivity contribution in [3.05, 3.63) is 52.3 Å². The summed E-state index contributed by atoms with van der Waals surface area (Å²) in [6.45, 7) is 8.61. The first-order valence-corrected chi connectivity index (χ1v) is 8.44. The van der Waals surface area contributed by atoms with Crippen molar-refractivity contribution < 1.29 is 23.9 Å². The van der Waals surface area contributed by atoms with Crippen LogP contribution in [-0.2, 0) is 4.74 Å². The number of benzene rings is 1. The average molecular weight is 357 g/mol. The van der Waals surface area contributed by atoms with E-state index in [1.54, 1.807) is 45.9 Å². The predicted molar refractivity (Wildman–Crippen MR) is 97.1 cm³/mol. The summed E-state index contributed by atoms with van der Waals surface area (Å²) in [7, 11) is 0. The van der Waals surface area contributed by atoms with Gasteiger partial charge in [0, 0.05) is 11.3 Å². The van der Waals surface area contributed by atoms with Crippen molar-refractivity contribution >= 4 is 17.5 Å². The van der Waals surface area contributed by atoms with Crippen LogP contribution in [0.25, 0.3) is 0 Å². The van der Waals surface area contributed by atoms with Gasteiger partial charge in [-0.1, -0.05) is 6.07 Å². The summed E-state index contributed by atoms with van der Waals surface area (Å²) < 4.78 is 10.7. The maximum absolute atomic E-state index is 12.7. The number of aromatic nitrogens is 1. The van der Waals surface area contributed by atoms with E-state index in [0.29, 0.717) is 33.8 Å². The Morgan fingerprint density at radius 2 is 1.88 bits per heavy atom. The largest absolute Gasteiger partial charge is 0.482 e. The molecule has 26 heavy (non-hydrogen) atoms. The Labute approximate surface area is 152 Å². The molecule has 6 heteroatoms. The number of nitrogens with one attached hydrogen (secondary N) is 1. The fourth-order valence-electron chi connectivity index (χ4n) is 2.90. The lowest BCUT2D eigenvalue weighted by atomic mass is 10.0. The van der Waals surface area contributed by atoms with Crippen LogP contribution < -0.4 is 4.74 Å². The summed E-state index contributed by atoms with van der Waals surface area (Å²) in [5.41, 5.74) is 2.53. The molecule has 2 rings (SSSR count). The van der Waals surface area contributed by atoms with Crippen molar-refractivity contribution in [1.82, 2.24) is 4.98 Å². The molecule has 0 spiro atoms. The molecule has 0 aliphatic heterocycles. The van der Waals surface area contributed by atoms with Crippen LogP contribution in [0.4, 0.5) is 0 Å². The number of esters is 1. The third kappa shape index (κ3) is 4.02. The number of ether oxygens (including phenoxy) is 2. The number of aryl methyl sites for hydroxylation is 1. The van der Waals surface area contributed by atoms with Crippen molar-refractivity contribution in [2.75, 3.05) is 6.61 Å². The molecule has 1 heterocycles. The fourth-order valence-corrected chi connectivity index (χ4v) is 2.90. The van der Waals surface area contributed by atoms with Gasteiger partial charge in [0.05, 0.1) is 17.9 Å². The smallest absolute Gasteiger partial charge is 0.338 e. The molecule has 0 fully saturated rings. The molecular weight excluding hydrogens is 334 g/mol. The third-order valence-corrected chi connectivity index (χ3v) is 4.06. The Morgan fingerprint density at radius 1 is 1.19 bits per heavy atom.